The zero-order valence-electron chi connectivity index (χ0n) is 9.36. The van der Waals surface area contributed by atoms with Crippen LogP contribution in [-0.4, -0.2) is 28.3 Å². The lowest BCUT2D eigenvalue weighted by Gasteiger charge is -2.10. The molecule has 0 aromatic carbocycles. The lowest BCUT2D eigenvalue weighted by molar-refractivity contribution is 0.130. The van der Waals surface area contributed by atoms with Crippen LogP contribution in [-0.2, 0) is 17.7 Å². The Balaban J connectivity index is 2.24. The summed E-state index contributed by atoms with van der Waals surface area (Å²) in [5, 5.41) is 2.50. The van der Waals surface area contributed by atoms with E-state index < -0.39 is 11.8 Å². The Hall–Kier alpha value is -2.05. The number of ether oxygens (including phenoxy) is 1. The van der Waals surface area contributed by atoms with E-state index in [4.69, 9.17) is 4.74 Å². The number of nitrogens with zero attached hydrogens (tertiary/aromatic N) is 1. The monoisotopic (exact) mass is 239 g/mol. The standard InChI is InChI=1S/C10H13N3O4/c1-2-6-4-13(9(15)12-8(6)14)5-7-3-11-10(16)17-7/h4,7H,2-3,5H2,1H3,(H,11,16)(H,12,14,15). The van der Waals surface area contributed by atoms with Crippen molar-refractivity contribution in [2.24, 2.45) is 0 Å². The number of cyclic esters (lactones) is 1. The number of aromatic amines is 1. The van der Waals surface area contributed by atoms with Gasteiger partial charge in [-0.2, -0.15) is 0 Å². The zero-order chi connectivity index (χ0) is 12.4. The Kier molecular flexibility index (Phi) is 2.99. The van der Waals surface area contributed by atoms with Crippen molar-refractivity contribution in [2.45, 2.75) is 26.0 Å². The molecular weight excluding hydrogens is 226 g/mol. The minimum atomic E-state index is -0.491. The highest BCUT2D eigenvalue weighted by molar-refractivity contribution is 5.69. The predicted octanol–water partition coefficient (Wildman–Crippen LogP) is -0.793. The summed E-state index contributed by atoms with van der Waals surface area (Å²) in [6.45, 7) is 2.43. The molecule has 1 aliphatic rings. The van der Waals surface area contributed by atoms with Gasteiger partial charge >= 0.3 is 11.8 Å². The Morgan fingerprint density at radius 2 is 2.24 bits per heavy atom. The van der Waals surface area contributed by atoms with Crippen LogP contribution in [0.25, 0.3) is 0 Å². The van der Waals surface area contributed by atoms with Crippen molar-refractivity contribution in [3.05, 3.63) is 32.6 Å². The molecule has 0 spiro atoms. The fourth-order valence-corrected chi connectivity index (χ4v) is 1.70. The second-order valence-corrected chi connectivity index (χ2v) is 3.83. The largest absolute Gasteiger partial charge is 0.442 e. The summed E-state index contributed by atoms with van der Waals surface area (Å²) >= 11 is 0. The van der Waals surface area contributed by atoms with E-state index in [1.54, 1.807) is 0 Å². The van der Waals surface area contributed by atoms with Crippen molar-refractivity contribution < 1.29 is 9.53 Å². The van der Waals surface area contributed by atoms with E-state index in [0.29, 0.717) is 18.5 Å². The maximum absolute atomic E-state index is 11.5. The van der Waals surface area contributed by atoms with Crippen molar-refractivity contribution in [3.63, 3.8) is 0 Å². The lowest BCUT2D eigenvalue weighted by atomic mass is 10.2. The second-order valence-electron chi connectivity index (χ2n) is 3.83. The minimum absolute atomic E-state index is 0.237. The van der Waals surface area contributed by atoms with E-state index >= 15 is 0 Å². The quantitative estimate of drug-likeness (QED) is 0.722. The summed E-state index contributed by atoms with van der Waals surface area (Å²) in [7, 11) is 0. The third kappa shape index (κ3) is 2.38. The first-order valence-corrected chi connectivity index (χ1v) is 5.37. The Morgan fingerprint density at radius 3 is 2.82 bits per heavy atom. The molecule has 2 N–H and O–H groups in total. The average molecular weight is 239 g/mol. The van der Waals surface area contributed by atoms with Crippen LogP contribution in [0.4, 0.5) is 4.79 Å². The van der Waals surface area contributed by atoms with Gasteiger partial charge in [-0.3, -0.25) is 14.3 Å². The van der Waals surface area contributed by atoms with Crippen LogP contribution in [0.2, 0.25) is 0 Å². The maximum Gasteiger partial charge on any atom is 0.407 e. The smallest absolute Gasteiger partial charge is 0.407 e. The van der Waals surface area contributed by atoms with Crippen LogP contribution in [0.15, 0.2) is 15.8 Å². The van der Waals surface area contributed by atoms with Crippen molar-refractivity contribution in [1.29, 1.82) is 0 Å². The molecule has 0 aliphatic carbocycles. The topological polar surface area (TPSA) is 93.2 Å². The molecule has 0 saturated carbocycles. The van der Waals surface area contributed by atoms with Gasteiger partial charge in [0.1, 0.15) is 6.10 Å². The van der Waals surface area contributed by atoms with E-state index in [0.717, 1.165) is 0 Å². The van der Waals surface area contributed by atoms with Gasteiger partial charge in [0.15, 0.2) is 0 Å². The van der Waals surface area contributed by atoms with E-state index in [2.05, 4.69) is 10.3 Å². The average Bonchev–Trinajstić information content (AvgIpc) is 2.68. The third-order valence-electron chi connectivity index (χ3n) is 2.61. The number of nitrogens with one attached hydrogen (secondary N) is 2. The van der Waals surface area contributed by atoms with Crippen molar-refractivity contribution in [3.8, 4) is 0 Å². The molecule has 1 aromatic heterocycles. The highest BCUT2D eigenvalue weighted by Gasteiger charge is 2.23. The minimum Gasteiger partial charge on any atom is -0.442 e. The molecule has 92 valence electrons. The number of H-pyrrole nitrogens is 1. The van der Waals surface area contributed by atoms with E-state index in [9.17, 15) is 14.4 Å². The van der Waals surface area contributed by atoms with Crippen molar-refractivity contribution >= 4 is 6.09 Å². The van der Waals surface area contributed by atoms with E-state index in [1.807, 2.05) is 6.92 Å². The number of rotatable bonds is 3. The maximum atomic E-state index is 11.5. The van der Waals surface area contributed by atoms with Crippen LogP contribution in [0.5, 0.6) is 0 Å². The summed E-state index contributed by atoms with van der Waals surface area (Å²) in [5.41, 5.74) is -0.327. The normalized spacial score (nSPS) is 18.9. The fourth-order valence-electron chi connectivity index (χ4n) is 1.70. The fraction of sp³-hybridized carbons (Fsp3) is 0.500. The van der Waals surface area contributed by atoms with Crippen molar-refractivity contribution in [1.82, 2.24) is 14.9 Å². The van der Waals surface area contributed by atoms with Crippen molar-refractivity contribution in [2.75, 3.05) is 6.54 Å². The summed E-state index contributed by atoms with van der Waals surface area (Å²) < 4.78 is 6.27. The number of carbonyl (C=O) groups is 1. The molecule has 7 nitrogen and oxygen atoms in total. The van der Waals surface area contributed by atoms with Gasteiger partial charge < -0.3 is 10.1 Å². The van der Waals surface area contributed by atoms with Gasteiger partial charge in [0.2, 0.25) is 0 Å². The molecular formula is C10H13N3O4. The molecule has 0 radical (unpaired) electrons. The zero-order valence-corrected chi connectivity index (χ0v) is 9.36. The SMILES string of the molecule is CCc1cn(CC2CNC(=O)O2)c(=O)[nH]c1=O. The Bertz CT molecular complexity index is 545. The van der Waals surface area contributed by atoms with E-state index in [1.165, 1.54) is 10.8 Å². The van der Waals surface area contributed by atoms with Crippen LogP contribution >= 0.6 is 0 Å². The summed E-state index contributed by atoms with van der Waals surface area (Å²) in [6.07, 6.45) is 1.19. The second kappa shape index (κ2) is 4.44. The number of amides is 1. The molecule has 1 atom stereocenters. The summed E-state index contributed by atoms with van der Waals surface area (Å²) in [5.74, 6) is 0. The lowest BCUT2D eigenvalue weighted by Crippen LogP contribution is -2.35. The molecule has 1 amide bonds. The summed E-state index contributed by atoms with van der Waals surface area (Å²) in [6, 6.07) is 0. The molecule has 2 heterocycles. The molecule has 7 heteroatoms. The van der Waals surface area contributed by atoms with Crippen LogP contribution in [0.1, 0.15) is 12.5 Å². The first-order valence-electron chi connectivity index (χ1n) is 5.37. The molecule has 2 rings (SSSR count). The number of aryl methyl sites for hydroxylation is 1. The Morgan fingerprint density at radius 1 is 1.47 bits per heavy atom. The van der Waals surface area contributed by atoms with Gasteiger partial charge in [-0.05, 0) is 6.42 Å². The first kappa shape index (κ1) is 11.4. The number of hydrogen-bond acceptors (Lipinski definition) is 4. The van der Waals surface area contributed by atoms with E-state index in [-0.39, 0.29) is 18.2 Å². The summed E-state index contributed by atoms with van der Waals surface area (Å²) in [4.78, 5) is 35.9. The van der Waals surface area contributed by atoms with Gasteiger partial charge in [0.25, 0.3) is 5.56 Å². The molecule has 0 bridgehead atoms. The van der Waals surface area contributed by atoms with Crippen LogP contribution in [0, 0.1) is 0 Å². The van der Waals surface area contributed by atoms with Crippen LogP contribution < -0.4 is 16.6 Å². The Labute approximate surface area is 96.4 Å². The van der Waals surface area contributed by atoms with Gasteiger partial charge in [0, 0.05) is 11.8 Å². The first-order chi connectivity index (χ1) is 8.10. The molecule has 17 heavy (non-hydrogen) atoms. The highest BCUT2D eigenvalue weighted by atomic mass is 16.6. The highest BCUT2D eigenvalue weighted by Crippen LogP contribution is 2.02. The number of aromatic nitrogens is 2. The number of hydrogen-bond donors (Lipinski definition) is 2. The molecule has 1 unspecified atom stereocenters. The third-order valence-corrected chi connectivity index (χ3v) is 2.61. The molecule has 1 aromatic rings. The van der Waals surface area contributed by atoms with Gasteiger partial charge in [-0.25, -0.2) is 9.59 Å². The molecule has 1 fully saturated rings. The number of carbonyl (C=O) groups excluding carboxylic acids is 1. The van der Waals surface area contributed by atoms with Gasteiger partial charge in [-0.15, -0.1) is 0 Å². The number of alkyl carbamates (subject to hydrolysis) is 1. The molecule has 1 aliphatic heterocycles. The van der Waals surface area contributed by atoms with Gasteiger partial charge in [-0.1, -0.05) is 6.92 Å². The van der Waals surface area contributed by atoms with Gasteiger partial charge in [0.05, 0.1) is 13.1 Å². The molecule has 1 saturated heterocycles. The van der Waals surface area contributed by atoms with Crippen LogP contribution in [0.3, 0.4) is 0 Å². The predicted molar refractivity (Wildman–Crippen MR) is 59.0 cm³/mol.